The molecular formula is C17H12ClF2N3O. The fraction of sp³-hybridized carbons (Fsp3) is 0.235. The van der Waals surface area contributed by atoms with Crippen molar-refractivity contribution < 1.29 is 13.6 Å². The topological polar surface area (TPSA) is 65.8 Å². The lowest BCUT2D eigenvalue weighted by Crippen LogP contribution is -2.34. The van der Waals surface area contributed by atoms with Gasteiger partial charge in [-0.25, -0.2) is 8.78 Å². The summed E-state index contributed by atoms with van der Waals surface area (Å²) in [7, 11) is 0. The lowest BCUT2D eigenvalue weighted by Gasteiger charge is -2.17. The van der Waals surface area contributed by atoms with Gasteiger partial charge in [0, 0.05) is 18.2 Å². The van der Waals surface area contributed by atoms with Crippen LogP contribution in [0.3, 0.4) is 0 Å². The first-order chi connectivity index (χ1) is 11.5. The molecule has 1 aromatic heterocycles. The Bertz CT molecular complexity index is 839. The Morgan fingerprint density at radius 3 is 2.58 bits per heavy atom. The molecule has 1 amide bonds. The number of hydrogen-bond acceptors (Lipinski definition) is 3. The lowest BCUT2D eigenvalue weighted by atomic mass is 10.0. The highest BCUT2D eigenvalue weighted by Gasteiger charge is 2.47. The third-order valence-corrected chi connectivity index (χ3v) is 4.39. The second-order valence-electron chi connectivity index (χ2n) is 5.73. The van der Waals surface area contributed by atoms with Crippen molar-refractivity contribution in [3.8, 4) is 6.07 Å². The molecule has 0 unspecified atom stereocenters. The highest BCUT2D eigenvalue weighted by molar-refractivity contribution is 6.31. The Labute approximate surface area is 142 Å². The number of nitrogens with one attached hydrogen (secondary N) is 1. The molecule has 7 heteroatoms. The first kappa shape index (κ1) is 16.3. The van der Waals surface area contributed by atoms with E-state index < -0.39 is 28.5 Å². The van der Waals surface area contributed by atoms with E-state index in [1.54, 1.807) is 0 Å². The third kappa shape index (κ3) is 2.95. The molecule has 24 heavy (non-hydrogen) atoms. The molecule has 0 atom stereocenters. The summed E-state index contributed by atoms with van der Waals surface area (Å²) in [5, 5.41) is 11.7. The minimum Gasteiger partial charge on any atom is -0.351 e. The molecule has 1 heterocycles. The maximum absolute atomic E-state index is 13.6. The zero-order chi connectivity index (χ0) is 17.3. The van der Waals surface area contributed by atoms with Crippen molar-refractivity contribution in [2.24, 2.45) is 0 Å². The molecular weight excluding hydrogens is 336 g/mol. The third-order valence-electron chi connectivity index (χ3n) is 4.10. The van der Waals surface area contributed by atoms with Gasteiger partial charge in [-0.15, -0.1) is 0 Å². The Morgan fingerprint density at radius 2 is 2.04 bits per heavy atom. The van der Waals surface area contributed by atoms with E-state index in [4.69, 9.17) is 16.9 Å². The first-order valence-electron chi connectivity index (χ1n) is 7.25. The van der Waals surface area contributed by atoms with Crippen LogP contribution in [0.2, 0.25) is 5.02 Å². The fourth-order valence-electron chi connectivity index (χ4n) is 2.59. The number of nitrogens with zero attached hydrogens (tertiary/aromatic N) is 2. The van der Waals surface area contributed by atoms with E-state index in [0.717, 1.165) is 25.0 Å². The van der Waals surface area contributed by atoms with E-state index in [1.165, 1.54) is 18.3 Å². The number of pyridine rings is 1. The SMILES string of the molecule is N#Cc1cnc(C2(CNC(=O)c3c(F)cccc3F)CC2)c(Cl)c1. The molecule has 0 radical (unpaired) electrons. The molecule has 3 rings (SSSR count). The van der Waals surface area contributed by atoms with Crippen LogP contribution in [-0.2, 0) is 5.41 Å². The molecule has 1 saturated carbocycles. The van der Waals surface area contributed by atoms with E-state index >= 15 is 0 Å². The van der Waals surface area contributed by atoms with Crippen molar-refractivity contribution in [2.45, 2.75) is 18.3 Å². The summed E-state index contributed by atoms with van der Waals surface area (Å²) in [4.78, 5) is 16.3. The number of benzene rings is 1. The van der Waals surface area contributed by atoms with Gasteiger partial charge in [0.05, 0.1) is 16.3 Å². The molecule has 4 nitrogen and oxygen atoms in total. The Balaban J connectivity index is 1.77. The van der Waals surface area contributed by atoms with Gasteiger partial charge in [0.25, 0.3) is 5.91 Å². The van der Waals surface area contributed by atoms with E-state index in [0.29, 0.717) is 16.3 Å². The summed E-state index contributed by atoms with van der Waals surface area (Å²) in [6, 6.07) is 6.73. The molecule has 1 aliphatic carbocycles. The highest BCUT2D eigenvalue weighted by atomic mass is 35.5. The van der Waals surface area contributed by atoms with Crippen LogP contribution in [0.1, 0.15) is 34.5 Å². The van der Waals surface area contributed by atoms with E-state index in [2.05, 4.69) is 10.3 Å². The minimum atomic E-state index is -0.910. The quantitative estimate of drug-likeness (QED) is 0.922. The van der Waals surface area contributed by atoms with Crippen LogP contribution in [0.25, 0.3) is 0 Å². The summed E-state index contributed by atoms with van der Waals surface area (Å²) in [5.74, 6) is -2.64. The van der Waals surface area contributed by atoms with Crippen LogP contribution < -0.4 is 5.32 Å². The lowest BCUT2D eigenvalue weighted by molar-refractivity contribution is 0.0941. The van der Waals surface area contributed by atoms with Crippen LogP contribution in [-0.4, -0.2) is 17.4 Å². The van der Waals surface area contributed by atoms with Crippen LogP contribution in [0.15, 0.2) is 30.5 Å². The highest BCUT2D eigenvalue weighted by Crippen LogP contribution is 2.49. The van der Waals surface area contributed by atoms with E-state index in [1.807, 2.05) is 6.07 Å². The molecule has 0 saturated heterocycles. The Kier molecular flexibility index (Phi) is 4.20. The Hall–Kier alpha value is -2.52. The van der Waals surface area contributed by atoms with Crippen molar-refractivity contribution in [1.29, 1.82) is 5.26 Å². The van der Waals surface area contributed by atoms with Gasteiger partial charge in [0.1, 0.15) is 23.3 Å². The van der Waals surface area contributed by atoms with Gasteiger partial charge >= 0.3 is 0 Å². The number of hydrogen-bond donors (Lipinski definition) is 1. The van der Waals surface area contributed by atoms with E-state index in [-0.39, 0.29) is 6.54 Å². The molecule has 1 fully saturated rings. The van der Waals surface area contributed by atoms with Crippen molar-refractivity contribution in [3.63, 3.8) is 0 Å². The number of amides is 1. The number of carbonyl (C=O) groups excluding carboxylic acids is 1. The van der Waals surface area contributed by atoms with Gasteiger partial charge in [0.15, 0.2) is 0 Å². The Morgan fingerprint density at radius 1 is 1.38 bits per heavy atom. The molecule has 0 bridgehead atoms. The normalized spacial score (nSPS) is 14.8. The second kappa shape index (κ2) is 6.17. The molecule has 0 spiro atoms. The second-order valence-corrected chi connectivity index (χ2v) is 6.13. The maximum Gasteiger partial charge on any atom is 0.257 e. The van der Waals surface area contributed by atoms with Gasteiger partial charge in [-0.2, -0.15) is 5.26 Å². The standard InChI is InChI=1S/C17H12ClF2N3O/c18-11-6-10(7-21)8-22-15(11)17(4-5-17)9-23-16(24)14-12(19)2-1-3-13(14)20/h1-3,6,8H,4-5,9H2,(H,23,24). The summed E-state index contributed by atoms with van der Waals surface area (Å²) in [5.41, 5.74) is -0.135. The number of rotatable bonds is 4. The predicted molar refractivity (Wildman–Crippen MR) is 83.6 cm³/mol. The summed E-state index contributed by atoms with van der Waals surface area (Å²) < 4.78 is 27.3. The maximum atomic E-state index is 13.6. The van der Waals surface area contributed by atoms with Gasteiger partial charge in [0.2, 0.25) is 0 Å². The smallest absolute Gasteiger partial charge is 0.257 e. The fourth-order valence-corrected chi connectivity index (χ4v) is 2.96. The van der Waals surface area contributed by atoms with Crippen molar-refractivity contribution in [2.75, 3.05) is 6.54 Å². The molecule has 1 aromatic carbocycles. The molecule has 2 aromatic rings. The monoisotopic (exact) mass is 347 g/mol. The summed E-state index contributed by atoms with van der Waals surface area (Å²) >= 11 is 6.17. The molecule has 1 aliphatic rings. The predicted octanol–water partition coefficient (Wildman–Crippen LogP) is 3.35. The zero-order valence-electron chi connectivity index (χ0n) is 12.4. The number of aromatic nitrogens is 1. The van der Waals surface area contributed by atoms with Crippen LogP contribution in [0.5, 0.6) is 0 Å². The summed E-state index contributed by atoms with van der Waals surface area (Å²) in [6.45, 7) is 0.165. The van der Waals surface area contributed by atoms with Crippen LogP contribution >= 0.6 is 11.6 Å². The molecule has 122 valence electrons. The zero-order valence-corrected chi connectivity index (χ0v) is 13.2. The van der Waals surface area contributed by atoms with Gasteiger partial charge < -0.3 is 5.32 Å². The number of carbonyl (C=O) groups is 1. The first-order valence-corrected chi connectivity index (χ1v) is 7.63. The molecule has 1 N–H and O–H groups in total. The number of halogens is 3. The van der Waals surface area contributed by atoms with Gasteiger partial charge in [-0.05, 0) is 31.0 Å². The van der Waals surface area contributed by atoms with Gasteiger partial charge in [-0.1, -0.05) is 17.7 Å². The van der Waals surface area contributed by atoms with Crippen molar-refractivity contribution in [1.82, 2.24) is 10.3 Å². The molecule has 0 aliphatic heterocycles. The summed E-state index contributed by atoms with van der Waals surface area (Å²) in [6.07, 6.45) is 2.90. The minimum absolute atomic E-state index is 0.165. The number of nitriles is 1. The van der Waals surface area contributed by atoms with Gasteiger partial charge in [-0.3, -0.25) is 9.78 Å². The van der Waals surface area contributed by atoms with Crippen LogP contribution in [0.4, 0.5) is 8.78 Å². The van der Waals surface area contributed by atoms with Crippen LogP contribution in [0, 0.1) is 23.0 Å². The average Bonchev–Trinajstić information content (AvgIpc) is 3.33. The van der Waals surface area contributed by atoms with E-state index in [9.17, 15) is 13.6 Å². The van der Waals surface area contributed by atoms with Crippen molar-refractivity contribution in [3.05, 3.63) is 63.9 Å². The largest absolute Gasteiger partial charge is 0.351 e. The van der Waals surface area contributed by atoms with Crippen molar-refractivity contribution >= 4 is 17.5 Å². The average molecular weight is 348 g/mol.